The van der Waals surface area contributed by atoms with Gasteiger partial charge >= 0.3 is 0 Å². The van der Waals surface area contributed by atoms with Crippen molar-refractivity contribution in [1.29, 1.82) is 0 Å². The quantitative estimate of drug-likeness (QED) is 0.798. The van der Waals surface area contributed by atoms with Crippen LogP contribution in [-0.2, 0) is 0 Å². The summed E-state index contributed by atoms with van der Waals surface area (Å²) in [7, 11) is 0. The molecule has 94 valence electrons. The molecule has 0 atom stereocenters. The number of aryl methyl sites for hydroxylation is 3. The first-order valence-corrected chi connectivity index (χ1v) is 5.71. The van der Waals surface area contributed by atoms with Crippen molar-refractivity contribution in [2.75, 3.05) is 11.1 Å². The highest BCUT2D eigenvalue weighted by Crippen LogP contribution is 2.23. The second kappa shape index (κ2) is 4.56. The highest BCUT2D eigenvalue weighted by molar-refractivity contribution is 6.03. The largest absolute Gasteiger partial charge is 0.459 e. The Labute approximate surface area is 106 Å². The number of rotatable bonds is 2. The fourth-order valence-electron chi connectivity index (χ4n) is 1.79. The third-order valence-electron chi connectivity index (χ3n) is 2.93. The van der Waals surface area contributed by atoms with Crippen LogP contribution in [-0.4, -0.2) is 5.91 Å². The number of carbonyl (C=O) groups is 1. The van der Waals surface area contributed by atoms with Gasteiger partial charge in [-0.1, -0.05) is 6.07 Å². The number of benzene rings is 1. The van der Waals surface area contributed by atoms with E-state index in [4.69, 9.17) is 10.2 Å². The van der Waals surface area contributed by atoms with Crippen LogP contribution >= 0.6 is 0 Å². The van der Waals surface area contributed by atoms with Crippen LogP contribution in [0, 0.1) is 20.8 Å². The van der Waals surface area contributed by atoms with Crippen molar-refractivity contribution in [3.05, 3.63) is 46.9 Å². The van der Waals surface area contributed by atoms with Gasteiger partial charge in [0.25, 0.3) is 5.91 Å². The summed E-state index contributed by atoms with van der Waals surface area (Å²) in [5, 5.41) is 2.81. The zero-order valence-electron chi connectivity index (χ0n) is 10.7. The van der Waals surface area contributed by atoms with E-state index < -0.39 is 0 Å². The normalized spacial score (nSPS) is 10.4. The minimum Gasteiger partial charge on any atom is -0.459 e. The van der Waals surface area contributed by atoms with Crippen molar-refractivity contribution in [3.63, 3.8) is 0 Å². The Morgan fingerprint density at radius 2 is 1.89 bits per heavy atom. The molecule has 0 fully saturated rings. The Morgan fingerprint density at radius 3 is 2.50 bits per heavy atom. The number of carbonyl (C=O) groups excluding carboxylic acids is 1. The van der Waals surface area contributed by atoms with Gasteiger partial charge in [-0.15, -0.1) is 0 Å². The minimum atomic E-state index is -0.260. The van der Waals surface area contributed by atoms with Crippen molar-refractivity contribution >= 4 is 17.3 Å². The highest BCUT2D eigenvalue weighted by Gasteiger charge is 2.14. The molecule has 0 radical (unpaired) electrons. The van der Waals surface area contributed by atoms with Crippen molar-refractivity contribution < 1.29 is 9.21 Å². The van der Waals surface area contributed by atoms with Gasteiger partial charge in [0, 0.05) is 16.9 Å². The summed E-state index contributed by atoms with van der Waals surface area (Å²) in [6, 6.07) is 5.46. The maximum Gasteiger partial charge on any atom is 0.291 e. The number of amides is 1. The molecule has 0 unspecified atom stereocenters. The SMILES string of the molecule is Cc1cc(C)c(NC(=O)c2occc2C)cc1N. The van der Waals surface area contributed by atoms with Crippen molar-refractivity contribution in [3.8, 4) is 0 Å². The molecular formula is C14H16N2O2. The van der Waals surface area contributed by atoms with E-state index in [-0.39, 0.29) is 5.91 Å². The Balaban J connectivity index is 2.28. The summed E-state index contributed by atoms with van der Waals surface area (Å²) in [5.41, 5.74) is 9.99. The van der Waals surface area contributed by atoms with E-state index in [9.17, 15) is 4.79 Å². The lowest BCUT2D eigenvalue weighted by Crippen LogP contribution is -2.13. The van der Waals surface area contributed by atoms with Crippen LogP contribution in [0.15, 0.2) is 28.9 Å². The molecule has 1 aromatic carbocycles. The number of hydrogen-bond donors (Lipinski definition) is 2. The Kier molecular flexibility index (Phi) is 3.10. The topological polar surface area (TPSA) is 68.3 Å². The molecule has 1 aromatic heterocycles. The van der Waals surface area contributed by atoms with E-state index in [1.165, 1.54) is 6.26 Å². The Morgan fingerprint density at radius 1 is 1.17 bits per heavy atom. The monoisotopic (exact) mass is 244 g/mol. The number of nitrogen functional groups attached to an aromatic ring is 1. The number of furan rings is 1. The average molecular weight is 244 g/mol. The van der Waals surface area contributed by atoms with Gasteiger partial charge in [0.2, 0.25) is 0 Å². The van der Waals surface area contributed by atoms with E-state index in [2.05, 4.69) is 5.32 Å². The lowest BCUT2D eigenvalue weighted by molar-refractivity contribution is 0.0996. The van der Waals surface area contributed by atoms with Gasteiger partial charge in [0.15, 0.2) is 5.76 Å². The van der Waals surface area contributed by atoms with Crippen molar-refractivity contribution in [2.45, 2.75) is 20.8 Å². The zero-order chi connectivity index (χ0) is 13.3. The number of nitrogens with two attached hydrogens (primary N) is 1. The third kappa shape index (κ3) is 2.22. The van der Waals surface area contributed by atoms with Gasteiger partial charge in [-0.2, -0.15) is 0 Å². The molecule has 4 heteroatoms. The maximum atomic E-state index is 12.0. The first-order valence-electron chi connectivity index (χ1n) is 5.71. The van der Waals surface area contributed by atoms with E-state index in [1.807, 2.05) is 26.8 Å². The summed E-state index contributed by atoms with van der Waals surface area (Å²) in [6.07, 6.45) is 1.50. The molecule has 0 spiro atoms. The van der Waals surface area contributed by atoms with Gasteiger partial charge < -0.3 is 15.5 Å². The number of anilines is 2. The number of nitrogens with one attached hydrogen (secondary N) is 1. The summed E-state index contributed by atoms with van der Waals surface area (Å²) in [4.78, 5) is 12.0. The third-order valence-corrected chi connectivity index (χ3v) is 2.93. The first-order chi connectivity index (χ1) is 8.49. The first kappa shape index (κ1) is 12.2. The van der Waals surface area contributed by atoms with Gasteiger partial charge in [-0.05, 0) is 44.0 Å². The molecule has 0 aliphatic rings. The molecule has 3 N–H and O–H groups in total. The molecule has 18 heavy (non-hydrogen) atoms. The van der Waals surface area contributed by atoms with E-state index in [1.54, 1.807) is 12.1 Å². The lowest BCUT2D eigenvalue weighted by Gasteiger charge is -2.10. The molecule has 0 bridgehead atoms. The van der Waals surface area contributed by atoms with Crippen LogP contribution in [0.3, 0.4) is 0 Å². The molecule has 0 saturated carbocycles. The molecule has 1 amide bonds. The van der Waals surface area contributed by atoms with Crippen LogP contribution in [0.25, 0.3) is 0 Å². The van der Waals surface area contributed by atoms with Gasteiger partial charge in [0.1, 0.15) is 0 Å². The standard InChI is InChI=1S/C14H16N2O2/c1-8-4-5-18-13(8)14(17)16-12-7-11(15)9(2)6-10(12)3/h4-7H,15H2,1-3H3,(H,16,17). The predicted molar refractivity (Wildman–Crippen MR) is 71.7 cm³/mol. The average Bonchev–Trinajstić information content (AvgIpc) is 2.72. The molecule has 1 heterocycles. The lowest BCUT2D eigenvalue weighted by atomic mass is 10.1. The van der Waals surface area contributed by atoms with Crippen LogP contribution in [0.5, 0.6) is 0 Å². The minimum absolute atomic E-state index is 0.260. The number of hydrogen-bond acceptors (Lipinski definition) is 3. The van der Waals surface area contributed by atoms with E-state index in [0.29, 0.717) is 17.1 Å². The van der Waals surface area contributed by atoms with Gasteiger partial charge in [-0.3, -0.25) is 4.79 Å². The van der Waals surface area contributed by atoms with Crippen LogP contribution < -0.4 is 11.1 Å². The van der Waals surface area contributed by atoms with Crippen LogP contribution in [0.2, 0.25) is 0 Å². The molecule has 2 aromatic rings. The Hall–Kier alpha value is -2.23. The summed E-state index contributed by atoms with van der Waals surface area (Å²) >= 11 is 0. The van der Waals surface area contributed by atoms with Gasteiger partial charge in [0.05, 0.1) is 6.26 Å². The summed E-state index contributed by atoms with van der Waals surface area (Å²) in [5.74, 6) is 0.0670. The van der Waals surface area contributed by atoms with Crippen molar-refractivity contribution in [1.82, 2.24) is 0 Å². The summed E-state index contributed by atoms with van der Waals surface area (Å²) < 4.78 is 5.15. The van der Waals surface area contributed by atoms with Crippen LogP contribution in [0.1, 0.15) is 27.2 Å². The smallest absolute Gasteiger partial charge is 0.291 e. The highest BCUT2D eigenvalue weighted by atomic mass is 16.3. The summed E-state index contributed by atoms with van der Waals surface area (Å²) in [6.45, 7) is 5.69. The fourth-order valence-corrected chi connectivity index (χ4v) is 1.79. The second-order valence-corrected chi connectivity index (χ2v) is 4.41. The molecule has 0 saturated heterocycles. The Bertz CT molecular complexity index is 600. The molecule has 4 nitrogen and oxygen atoms in total. The van der Waals surface area contributed by atoms with Crippen molar-refractivity contribution in [2.24, 2.45) is 0 Å². The maximum absolute atomic E-state index is 12.0. The van der Waals surface area contributed by atoms with Crippen LogP contribution in [0.4, 0.5) is 11.4 Å². The second-order valence-electron chi connectivity index (χ2n) is 4.41. The molecule has 0 aliphatic heterocycles. The van der Waals surface area contributed by atoms with E-state index >= 15 is 0 Å². The molecule has 2 rings (SSSR count). The molecular weight excluding hydrogens is 228 g/mol. The fraction of sp³-hybridized carbons (Fsp3) is 0.214. The predicted octanol–water partition coefficient (Wildman–Crippen LogP) is 3.04. The zero-order valence-corrected chi connectivity index (χ0v) is 10.7. The molecule has 0 aliphatic carbocycles. The van der Waals surface area contributed by atoms with E-state index in [0.717, 1.165) is 16.7 Å². The van der Waals surface area contributed by atoms with Gasteiger partial charge in [-0.25, -0.2) is 0 Å².